The molecule has 1 unspecified atom stereocenters. The van der Waals surface area contributed by atoms with Crippen LogP contribution in [0.25, 0.3) is 22.4 Å². The third kappa shape index (κ3) is 10.0. The maximum atomic E-state index is 10.8. The van der Waals surface area contributed by atoms with E-state index in [2.05, 4.69) is 53.3 Å². The Bertz CT molecular complexity index is 2220. The number of benzene rings is 3. The van der Waals surface area contributed by atoms with Crippen LogP contribution in [-0.4, -0.2) is 63.9 Å². The van der Waals surface area contributed by atoms with Crippen LogP contribution < -0.4 is 19.5 Å². The van der Waals surface area contributed by atoms with E-state index < -0.39 is 5.97 Å². The summed E-state index contributed by atoms with van der Waals surface area (Å²) in [6.45, 7) is 7.68. The van der Waals surface area contributed by atoms with Crippen LogP contribution >= 0.6 is 11.6 Å². The van der Waals surface area contributed by atoms with Crippen molar-refractivity contribution in [2.24, 2.45) is 0 Å². The van der Waals surface area contributed by atoms with Crippen LogP contribution in [0.4, 0.5) is 0 Å². The molecule has 290 valence electrons. The number of nitriles is 1. The van der Waals surface area contributed by atoms with Crippen LogP contribution in [0.2, 0.25) is 5.02 Å². The standard InChI is InChI=1S/C44H46ClN5O6/c1-28-33(27-56-42-19-41(55-26-31-17-30(20-46)21-48-22-31)34(18-39(42)45)24-50-16-14-35(51)25-50)7-4-8-36(28)37-9-5-10-38(29(37)2)40-13-12-32(44(49-40)54-3)23-47-15-6-11-43(52)53/h4-5,7-10,12-13,17-19,21-22,35,47,51H,6,11,14-16,23-27H2,1-3H3,(H,52,53). The van der Waals surface area contributed by atoms with Crippen molar-refractivity contribution in [2.75, 3.05) is 26.7 Å². The number of aliphatic hydroxyl groups excluding tert-OH is 1. The Morgan fingerprint density at radius 1 is 0.964 bits per heavy atom. The Kier molecular flexibility index (Phi) is 13.5. The summed E-state index contributed by atoms with van der Waals surface area (Å²) < 4.78 is 18.4. The maximum Gasteiger partial charge on any atom is 0.303 e. The van der Waals surface area contributed by atoms with Gasteiger partial charge in [0.05, 0.1) is 29.5 Å². The fraction of sp³-hybridized carbons (Fsp3) is 0.318. The molecule has 1 fully saturated rings. The van der Waals surface area contributed by atoms with Crippen LogP contribution in [-0.2, 0) is 31.1 Å². The molecule has 56 heavy (non-hydrogen) atoms. The number of hydrogen-bond donors (Lipinski definition) is 3. The molecule has 2 aromatic heterocycles. The zero-order valence-electron chi connectivity index (χ0n) is 31.8. The number of nitrogens with zero attached hydrogens (tertiary/aromatic N) is 4. The van der Waals surface area contributed by atoms with Crippen LogP contribution in [0.15, 0.2) is 79.1 Å². The van der Waals surface area contributed by atoms with Gasteiger partial charge in [-0.3, -0.25) is 14.7 Å². The lowest BCUT2D eigenvalue weighted by molar-refractivity contribution is -0.137. The predicted octanol–water partition coefficient (Wildman–Crippen LogP) is 7.64. The van der Waals surface area contributed by atoms with Gasteiger partial charge in [-0.05, 0) is 79.3 Å². The second-order valence-electron chi connectivity index (χ2n) is 13.9. The van der Waals surface area contributed by atoms with Gasteiger partial charge in [-0.15, -0.1) is 0 Å². The van der Waals surface area contributed by atoms with E-state index in [1.165, 1.54) is 6.20 Å². The molecular formula is C44H46ClN5O6. The van der Waals surface area contributed by atoms with E-state index in [1.54, 1.807) is 19.4 Å². The number of carboxylic acid groups (broad SMARTS) is 1. The summed E-state index contributed by atoms with van der Waals surface area (Å²) in [4.78, 5) is 22.0. The molecule has 0 amide bonds. The minimum Gasteiger partial charge on any atom is -0.488 e. The summed E-state index contributed by atoms with van der Waals surface area (Å²) in [7, 11) is 1.60. The number of pyridine rings is 2. The van der Waals surface area contributed by atoms with Gasteiger partial charge in [0, 0.05) is 73.3 Å². The third-order valence-electron chi connectivity index (χ3n) is 10.00. The highest BCUT2D eigenvalue weighted by Gasteiger charge is 2.23. The number of β-amino-alcohol motifs (C(OH)–C–C–N with tert-alkyl or cyclic N) is 1. The number of rotatable bonds is 17. The minimum absolute atomic E-state index is 0.123. The number of aliphatic carboxylic acids is 1. The zero-order chi connectivity index (χ0) is 39.6. The first-order valence-electron chi connectivity index (χ1n) is 18.6. The number of carboxylic acids is 1. The Balaban J connectivity index is 1.21. The summed E-state index contributed by atoms with van der Waals surface area (Å²) in [6.07, 6.45) is 4.22. The number of hydrogen-bond acceptors (Lipinski definition) is 10. The van der Waals surface area contributed by atoms with E-state index in [-0.39, 0.29) is 25.7 Å². The number of nitrogens with one attached hydrogen (secondary N) is 1. The zero-order valence-corrected chi connectivity index (χ0v) is 32.6. The molecule has 6 rings (SSSR count). The summed E-state index contributed by atoms with van der Waals surface area (Å²) in [6, 6.07) is 23.9. The highest BCUT2D eigenvalue weighted by atomic mass is 35.5. The van der Waals surface area contributed by atoms with Crippen LogP contribution in [0, 0.1) is 25.2 Å². The predicted molar refractivity (Wildman–Crippen MR) is 215 cm³/mol. The molecule has 0 spiro atoms. The first-order chi connectivity index (χ1) is 27.1. The molecule has 0 bridgehead atoms. The molecule has 3 N–H and O–H groups in total. The van der Waals surface area contributed by atoms with Crippen LogP contribution in [0.5, 0.6) is 17.4 Å². The quantitative estimate of drug-likeness (QED) is 0.0800. The molecule has 0 radical (unpaired) electrons. The van der Waals surface area contributed by atoms with Gasteiger partial charge < -0.3 is 29.7 Å². The number of likely N-dealkylation sites (tertiary alicyclic amines) is 1. The maximum absolute atomic E-state index is 10.8. The van der Waals surface area contributed by atoms with Gasteiger partial charge in [0.2, 0.25) is 5.88 Å². The third-order valence-corrected chi connectivity index (χ3v) is 10.3. The van der Waals surface area contributed by atoms with Crippen molar-refractivity contribution in [2.45, 2.75) is 65.5 Å². The molecule has 3 heterocycles. The van der Waals surface area contributed by atoms with Crippen molar-refractivity contribution in [3.05, 3.63) is 123 Å². The lowest BCUT2D eigenvalue weighted by atomic mass is 9.90. The smallest absolute Gasteiger partial charge is 0.303 e. The molecule has 12 heteroatoms. The van der Waals surface area contributed by atoms with Gasteiger partial charge in [0.25, 0.3) is 0 Å². The van der Waals surface area contributed by atoms with Gasteiger partial charge in [-0.1, -0.05) is 54.1 Å². The first kappa shape index (κ1) is 40.2. The lowest BCUT2D eigenvalue weighted by Crippen LogP contribution is -2.22. The molecule has 3 aromatic carbocycles. The number of halogens is 1. The monoisotopic (exact) mass is 775 g/mol. The molecule has 1 saturated heterocycles. The minimum atomic E-state index is -0.804. The second kappa shape index (κ2) is 18.9. The Labute approximate surface area is 332 Å². The van der Waals surface area contributed by atoms with Gasteiger partial charge in [0.1, 0.15) is 30.8 Å². The largest absolute Gasteiger partial charge is 0.488 e. The van der Waals surface area contributed by atoms with E-state index in [1.807, 2.05) is 42.5 Å². The van der Waals surface area contributed by atoms with E-state index >= 15 is 0 Å². The molecule has 1 atom stereocenters. The van der Waals surface area contributed by atoms with Gasteiger partial charge in [-0.25, -0.2) is 4.98 Å². The fourth-order valence-corrected chi connectivity index (χ4v) is 7.18. The van der Waals surface area contributed by atoms with Crippen molar-refractivity contribution in [1.29, 1.82) is 5.26 Å². The summed E-state index contributed by atoms with van der Waals surface area (Å²) >= 11 is 6.85. The van der Waals surface area contributed by atoms with E-state index in [4.69, 9.17) is 35.9 Å². The SMILES string of the molecule is COc1nc(-c2cccc(-c3cccc(COc4cc(OCc5cncc(C#N)c5)c(CN5CCC(O)C5)cc4Cl)c3C)c2C)ccc1CNCCCC(=O)O. The highest BCUT2D eigenvalue weighted by Crippen LogP contribution is 2.37. The van der Waals surface area contributed by atoms with Crippen molar-refractivity contribution in [1.82, 2.24) is 20.2 Å². The van der Waals surface area contributed by atoms with E-state index in [0.29, 0.717) is 60.6 Å². The Morgan fingerprint density at radius 3 is 2.48 bits per heavy atom. The molecule has 1 aliphatic heterocycles. The second-order valence-corrected chi connectivity index (χ2v) is 14.4. The average Bonchev–Trinajstić information content (AvgIpc) is 3.61. The fourth-order valence-electron chi connectivity index (χ4n) is 6.94. The van der Waals surface area contributed by atoms with Gasteiger partial charge in [-0.2, -0.15) is 5.26 Å². The van der Waals surface area contributed by atoms with E-state index in [9.17, 15) is 15.2 Å². The number of methoxy groups -OCH3 is 1. The topological polar surface area (TPSA) is 150 Å². The first-order valence-corrected chi connectivity index (χ1v) is 19.0. The van der Waals surface area contributed by atoms with Crippen molar-refractivity contribution < 1.29 is 29.2 Å². The Hall–Kier alpha value is -5.51. The Morgan fingerprint density at radius 2 is 1.73 bits per heavy atom. The molecule has 1 aliphatic rings. The number of aromatic nitrogens is 2. The summed E-state index contributed by atoms with van der Waals surface area (Å²) in [5, 5.41) is 32.1. The number of carbonyl (C=O) groups is 1. The number of aliphatic hydroxyl groups is 1. The molecular weight excluding hydrogens is 730 g/mol. The molecule has 5 aromatic rings. The van der Waals surface area contributed by atoms with Gasteiger partial charge >= 0.3 is 5.97 Å². The van der Waals surface area contributed by atoms with Crippen molar-refractivity contribution >= 4 is 17.6 Å². The molecule has 0 saturated carbocycles. The lowest BCUT2D eigenvalue weighted by Gasteiger charge is -2.20. The average molecular weight is 776 g/mol. The van der Waals surface area contributed by atoms with Crippen molar-refractivity contribution in [3.8, 4) is 45.8 Å². The number of ether oxygens (including phenoxy) is 3. The summed E-state index contributed by atoms with van der Waals surface area (Å²) in [5.74, 6) is 0.810. The summed E-state index contributed by atoms with van der Waals surface area (Å²) in [5.41, 5.74) is 10.1. The van der Waals surface area contributed by atoms with Gasteiger partial charge in [0.15, 0.2) is 0 Å². The van der Waals surface area contributed by atoms with E-state index in [0.717, 1.165) is 68.7 Å². The van der Waals surface area contributed by atoms with Crippen molar-refractivity contribution in [3.63, 3.8) is 0 Å². The molecule has 11 nitrogen and oxygen atoms in total. The normalized spacial score (nSPS) is 14.0. The highest BCUT2D eigenvalue weighted by molar-refractivity contribution is 6.32. The molecule has 0 aliphatic carbocycles. The van der Waals surface area contributed by atoms with Crippen LogP contribution in [0.3, 0.4) is 0 Å². The van der Waals surface area contributed by atoms with Crippen LogP contribution in [0.1, 0.15) is 58.2 Å².